The highest BCUT2D eigenvalue weighted by Crippen LogP contribution is 2.51. The van der Waals surface area contributed by atoms with Gasteiger partial charge in [0.05, 0.1) is 24.2 Å². The van der Waals surface area contributed by atoms with Gasteiger partial charge in [0.15, 0.2) is 31.1 Å². The number of hydrogen-bond donors (Lipinski definition) is 0. The number of carbonyl (C=O) groups is 4. The first kappa shape index (κ1) is 57.5. The van der Waals surface area contributed by atoms with E-state index in [9.17, 15) is 14.4 Å². The standard InChI is InChI=1S/C50H92O10Si3/c1-25-26-32(3)44-50(17,57-44)45(60-63(23,24)49(14,15)16)37-30-56-46(54)43(59-62(21,22)48(11,12)13)42(55-18)36(7)40(53)35(6)41(58-61(19,20)47(8,9)10)34(5)29-33(4)38(51)28-27-31(2)39(37)52/h25-26,29,31-33,35-37,41-45H,27-28,30H2,1-24H3/b26-25-,34-29+/t31-,32+,33+,35+,36-,37+,41?,42?,43-,44-,45+,50+/m1/s1. The molecular formula is C50H92O10Si3. The molecule has 0 amide bonds. The fourth-order valence-electron chi connectivity index (χ4n) is 7.99. The topological polar surface area (TPSA) is 127 Å². The number of methoxy groups -OCH3 is 1. The number of epoxide rings is 1. The van der Waals surface area contributed by atoms with Crippen molar-refractivity contribution in [3.63, 3.8) is 0 Å². The van der Waals surface area contributed by atoms with Crippen LogP contribution < -0.4 is 0 Å². The molecule has 364 valence electrons. The predicted molar refractivity (Wildman–Crippen MR) is 263 cm³/mol. The number of hydrogen-bond acceptors (Lipinski definition) is 10. The molecule has 0 aliphatic carbocycles. The molecule has 0 N–H and O–H groups in total. The van der Waals surface area contributed by atoms with E-state index in [-0.39, 0.29) is 57.5 Å². The number of allylic oxidation sites excluding steroid dienone is 2. The lowest BCUT2D eigenvalue weighted by Gasteiger charge is -2.43. The van der Waals surface area contributed by atoms with Crippen molar-refractivity contribution >= 4 is 48.3 Å². The maximum Gasteiger partial charge on any atom is 0.336 e. The molecule has 0 aromatic heterocycles. The average molecular weight is 938 g/mol. The van der Waals surface area contributed by atoms with Gasteiger partial charge in [0.1, 0.15) is 35.7 Å². The number of ether oxygens (including phenoxy) is 3. The molecule has 13 heteroatoms. The van der Waals surface area contributed by atoms with Crippen molar-refractivity contribution in [3.05, 3.63) is 23.8 Å². The van der Waals surface area contributed by atoms with Crippen LogP contribution in [0.2, 0.25) is 54.4 Å². The third kappa shape index (κ3) is 13.8. The highest BCUT2D eigenvalue weighted by atomic mass is 28.4. The Morgan fingerprint density at radius 3 is 1.73 bits per heavy atom. The van der Waals surface area contributed by atoms with Gasteiger partial charge in [-0.1, -0.05) is 115 Å². The van der Waals surface area contributed by atoms with Crippen LogP contribution in [0.5, 0.6) is 0 Å². The monoisotopic (exact) mass is 937 g/mol. The highest BCUT2D eigenvalue weighted by molar-refractivity contribution is 6.75. The van der Waals surface area contributed by atoms with Crippen molar-refractivity contribution in [1.29, 1.82) is 0 Å². The minimum Gasteiger partial charge on any atom is -0.463 e. The zero-order valence-electron chi connectivity index (χ0n) is 44.3. The van der Waals surface area contributed by atoms with E-state index in [0.717, 1.165) is 5.57 Å². The molecule has 0 aromatic carbocycles. The van der Waals surface area contributed by atoms with Gasteiger partial charge < -0.3 is 27.5 Å². The summed E-state index contributed by atoms with van der Waals surface area (Å²) < 4.78 is 40.4. The van der Waals surface area contributed by atoms with E-state index in [1.165, 1.54) is 7.11 Å². The van der Waals surface area contributed by atoms with E-state index >= 15 is 4.79 Å². The van der Waals surface area contributed by atoms with Crippen LogP contribution in [0.15, 0.2) is 23.8 Å². The summed E-state index contributed by atoms with van der Waals surface area (Å²) in [6.45, 7) is 47.0. The Labute approximate surface area is 387 Å². The molecule has 63 heavy (non-hydrogen) atoms. The Morgan fingerprint density at radius 2 is 1.27 bits per heavy atom. The van der Waals surface area contributed by atoms with Crippen LogP contribution in [0, 0.1) is 35.5 Å². The van der Waals surface area contributed by atoms with E-state index in [1.54, 1.807) is 6.92 Å². The lowest BCUT2D eigenvalue weighted by Crippen LogP contribution is -2.56. The fraction of sp³-hybridized carbons (Fsp3) is 0.840. The van der Waals surface area contributed by atoms with Gasteiger partial charge in [-0.2, -0.15) is 0 Å². The Bertz CT molecular complexity index is 1660. The van der Waals surface area contributed by atoms with E-state index in [4.69, 9.17) is 27.5 Å². The molecule has 2 rings (SSSR count). The first-order chi connectivity index (χ1) is 28.3. The first-order valence-electron chi connectivity index (χ1n) is 23.7. The minimum absolute atomic E-state index is 0.00612. The molecule has 2 unspecified atom stereocenters. The molecule has 2 heterocycles. The summed E-state index contributed by atoms with van der Waals surface area (Å²) in [5.41, 5.74) is -0.0667. The second-order valence-corrected chi connectivity index (χ2v) is 38.2. The van der Waals surface area contributed by atoms with Crippen LogP contribution in [0.25, 0.3) is 0 Å². The van der Waals surface area contributed by atoms with Gasteiger partial charge in [0.2, 0.25) is 0 Å². The van der Waals surface area contributed by atoms with Gasteiger partial charge in [-0.05, 0) is 87.2 Å². The quantitative estimate of drug-likeness (QED) is 0.0855. The fourth-order valence-corrected chi connectivity index (χ4v) is 12.0. The molecule has 0 aromatic rings. The Balaban J connectivity index is 2.97. The highest BCUT2D eigenvalue weighted by Gasteiger charge is 2.64. The molecule has 12 atom stereocenters. The Morgan fingerprint density at radius 1 is 0.778 bits per heavy atom. The summed E-state index contributed by atoms with van der Waals surface area (Å²) in [5.74, 6) is -4.44. The zero-order valence-corrected chi connectivity index (χ0v) is 47.3. The number of cyclic esters (lactones) is 1. The van der Waals surface area contributed by atoms with Crippen molar-refractivity contribution in [1.82, 2.24) is 0 Å². The van der Waals surface area contributed by atoms with Gasteiger partial charge in [0, 0.05) is 43.1 Å². The number of Topliss-reactive ketones (excluding diaryl/α,β-unsaturated/α-hetero) is 3. The third-order valence-electron chi connectivity index (χ3n) is 15.7. The average Bonchev–Trinajstić information content (AvgIpc) is 3.84. The zero-order chi connectivity index (χ0) is 49.2. The molecule has 1 fully saturated rings. The summed E-state index contributed by atoms with van der Waals surface area (Å²) in [7, 11) is -6.25. The SMILES string of the molecule is C/C=C\[C@H](C)[C@H]1O[C@]1(C)[C@@H](O[Si](C)(C)C(C)(C)C)[C@H]1COC(=O)[C@H](O[Si](C)(C)C(C)(C)C)C(OC)[C@H](C)C(=O)[C@H](C)C(O[Si](C)(C)C(C)(C)C)/C(C)=C/[C@H](C)C(=O)CC[C@@H](C)C1=O. The molecule has 2 aliphatic rings. The van der Waals surface area contributed by atoms with Gasteiger partial charge >= 0.3 is 5.97 Å². The molecule has 1 saturated heterocycles. The van der Waals surface area contributed by atoms with Crippen molar-refractivity contribution in [2.45, 2.75) is 221 Å². The van der Waals surface area contributed by atoms with Crippen LogP contribution in [0.1, 0.15) is 131 Å². The number of carbonyl (C=O) groups excluding carboxylic acids is 4. The molecular weight excluding hydrogens is 845 g/mol. The summed E-state index contributed by atoms with van der Waals surface area (Å²) in [6, 6.07) is 0. The van der Waals surface area contributed by atoms with Crippen LogP contribution in [-0.2, 0) is 46.7 Å². The van der Waals surface area contributed by atoms with E-state index < -0.39 is 90.5 Å². The van der Waals surface area contributed by atoms with Crippen LogP contribution in [0.3, 0.4) is 0 Å². The maximum atomic E-state index is 15.1. The van der Waals surface area contributed by atoms with Crippen molar-refractivity contribution in [2.75, 3.05) is 13.7 Å². The Kier molecular flexibility index (Phi) is 19.3. The summed E-state index contributed by atoms with van der Waals surface area (Å²) in [6.07, 6.45) is 2.57. The van der Waals surface area contributed by atoms with Gasteiger partial charge in [-0.15, -0.1) is 0 Å². The maximum absolute atomic E-state index is 15.1. The molecule has 0 spiro atoms. The van der Waals surface area contributed by atoms with Crippen LogP contribution in [0.4, 0.5) is 0 Å². The molecule has 0 radical (unpaired) electrons. The predicted octanol–water partition coefficient (Wildman–Crippen LogP) is 11.7. The molecule has 2 aliphatic heterocycles. The largest absolute Gasteiger partial charge is 0.463 e. The third-order valence-corrected chi connectivity index (χ3v) is 29.0. The lowest BCUT2D eigenvalue weighted by atomic mass is 9.79. The number of ketones is 3. The molecule has 10 nitrogen and oxygen atoms in total. The first-order valence-corrected chi connectivity index (χ1v) is 32.4. The van der Waals surface area contributed by atoms with E-state index in [0.29, 0.717) is 6.42 Å². The van der Waals surface area contributed by atoms with Crippen LogP contribution in [-0.4, -0.2) is 98.1 Å². The van der Waals surface area contributed by atoms with Crippen LogP contribution >= 0.6 is 0 Å². The number of esters is 1. The number of rotatable bonds is 11. The second-order valence-electron chi connectivity index (χ2n) is 23.9. The minimum atomic E-state index is -2.72. The van der Waals surface area contributed by atoms with E-state index in [1.807, 2.05) is 53.7 Å². The van der Waals surface area contributed by atoms with Gasteiger partial charge in [-0.3, -0.25) is 14.4 Å². The molecule has 0 saturated carbocycles. The smallest absolute Gasteiger partial charge is 0.336 e. The van der Waals surface area contributed by atoms with Crippen molar-refractivity contribution in [2.24, 2.45) is 35.5 Å². The lowest BCUT2D eigenvalue weighted by molar-refractivity contribution is -0.167. The normalized spacial score (nSPS) is 33.0. The summed E-state index contributed by atoms with van der Waals surface area (Å²) >= 11 is 0. The van der Waals surface area contributed by atoms with Crippen molar-refractivity contribution in [3.8, 4) is 0 Å². The van der Waals surface area contributed by atoms with Gasteiger partial charge in [-0.25, -0.2) is 4.79 Å². The van der Waals surface area contributed by atoms with Gasteiger partial charge in [0.25, 0.3) is 0 Å². The summed E-state index contributed by atoms with van der Waals surface area (Å²) in [4.78, 5) is 59.0. The Hall–Kier alpha value is -1.59. The van der Waals surface area contributed by atoms with Crippen molar-refractivity contribution < 1.29 is 46.7 Å². The second kappa shape index (κ2) is 21.1. The van der Waals surface area contributed by atoms with E-state index in [2.05, 4.69) is 115 Å². The molecule has 0 bridgehead atoms. The summed E-state index contributed by atoms with van der Waals surface area (Å²) in [5, 5.41) is -0.665.